The average molecular weight is 495 g/mol. The van der Waals surface area contributed by atoms with Gasteiger partial charge in [-0.25, -0.2) is 0 Å². The maximum atomic E-state index is 10.8. The number of nitro benzene ring substituents is 1. The third-order valence-corrected chi connectivity index (χ3v) is 5.07. The monoisotopic (exact) mass is 494 g/mol. The van der Waals surface area contributed by atoms with Gasteiger partial charge in [-0.05, 0) is 60.9 Å². The summed E-state index contributed by atoms with van der Waals surface area (Å²) in [6.45, 7) is 6.68. The first-order valence-electron chi connectivity index (χ1n) is 10.1. The smallest absolute Gasteiger partial charge is 0.269 e. The molecular formula is C25H23BrN2O4. The Bertz CT molecular complexity index is 1110. The van der Waals surface area contributed by atoms with E-state index >= 15 is 0 Å². The number of hydrogen-bond acceptors (Lipinski definition) is 5. The summed E-state index contributed by atoms with van der Waals surface area (Å²) in [5.74, 6) is 1.32. The van der Waals surface area contributed by atoms with Gasteiger partial charge in [-0.1, -0.05) is 34.1 Å². The highest BCUT2D eigenvalue weighted by molar-refractivity contribution is 9.10. The van der Waals surface area contributed by atoms with Crippen LogP contribution in [-0.2, 0) is 13.0 Å². The maximum absolute atomic E-state index is 10.8. The zero-order chi connectivity index (χ0) is 22.9. The van der Waals surface area contributed by atoms with Crippen molar-refractivity contribution < 1.29 is 14.4 Å². The molecule has 7 heteroatoms. The zero-order valence-electron chi connectivity index (χ0n) is 17.7. The molecule has 0 saturated carbocycles. The van der Waals surface area contributed by atoms with Gasteiger partial charge in [0.2, 0.25) is 0 Å². The average Bonchev–Trinajstić information content (AvgIpc) is 2.79. The predicted molar refractivity (Wildman–Crippen MR) is 130 cm³/mol. The van der Waals surface area contributed by atoms with Crippen LogP contribution < -0.4 is 9.47 Å². The number of allylic oxidation sites excluding steroid dienone is 1. The van der Waals surface area contributed by atoms with Crippen LogP contribution in [0.1, 0.15) is 23.6 Å². The van der Waals surface area contributed by atoms with Gasteiger partial charge in [-0.2, -0.15) is 0 Å². The summed E-state index contributed by atoms with van der Waals surface area (Å²) in [6, 6.07) is 17.9. The fourth-order valence-electron chi connectivity index (χ4n) is 3.04. The van der Waals surface area contributed by atoms with Gasteiger partial charge in [0.1, 0.15) is 6.61 Å². The molecule has 3 rings (SSSR count). The summed E-state index contributed by atoms with van der Waals surface area (Å²) >= 11 is 3.44. The van der Waals surface area contributed by atoms with Crippen LogP contribution in [0.5, 0.6) is 11.5 Å². The molecule has 0 saturated heterocycles. The van der Waals surface area contributed by atoms with Crippen LogP contribution in [0.3, 0.4) is 0 Å². The third-order valence-electron chi connectivity index (χ3n) is 4.54. The Balaban J connectivity index is 1.87. The van der Waals surface area contributed by atoms with Gasteiger partial charge in [0, 0.05) is 28.4 Å². The van der Waals surface area contributed by atoms with Crippen molar-refractivity contribution in [1.82, 2.24) is 0 Å². The highest BCUT2D eigenvalue weighted by Gasteiger charge is 2.13. The van der Waals surface area contributed by atoms with E-state index in [-0.39, 0.29) is 5.69 Å². The van der Waals surface area contributed by atoms with Crippen LogP contribution in [0.2, 0.25) is 0 Å². The molecule has 6 nitrogen and oxygen atoms in total. The molecule has 0 fully saturated rings. The van der Waals surface area contributed by atoms with E-state index in [1.807, 2.05) is 49.4 Å². The van der Waals surface area contributed by atoms with Crippen molar-refractivity contribution in [3.05, 3.63) is 105 Å². The minimum Gasteiger partial charge on any atom is -0.490 e. The van der Waals surface area contributed by atoms with Crippen LogP contribution in [0, 0.1) is 10.1 Å². The second kappa shape index (κ2) is 11.2. The quantitative estimate of drug-likeness (QED) is 0.134. The summed E-state index contributed by atoms with van der Waals surface area (Å²) in [7, 11) is 0. The lowest BCUT2D eigenvalue weighted by Crippen LogP contribution is -2.04. The molecule has 3 aromatic carbocycles. The zero-order valence-corrected chi connectivity index (χ0v) is 19.2. The minimum atomic E-state index is -0.434. The summed E-state index contributed by atoms with van der Waals surface area (Å²) in [5, 5.41) is 10.8. The molecule has 164 valence electrons. The van der Waals surface area contributed by atoms with Crippen molar-refractivity contribution >= 4 is 33.5 Å². The topological polar surface area (TPSA) is 74.0 Å². The summed E-state index contributed by atoms with van der Waals surface area (Å²) < 4.78 is 13.0. The number of nitro groups is 1. The Morgan fingerprint density at radius 1 is 1.09 bits per heavy atom. The van der Waals surface area contributed by atoms with Gasteiger partial charge >= 0.3 is 0 Å². The van der Waals surface area contributed by atoms with Crippen molar-refractivity contribution in [3.8, 4) is 11.5 Å². The van der Waals surface area contributed by atoms with Crippen LogP contribution in [0.25, 0.3) is 0 Å². The van der Waals surface area contributed by atoms with E-state index in [4.69, 9.17) is 9.47 Å². The molecule has 32 heavy (non-hydrogen) atoms. The van der Waals surface area contributed by atoms with E-state index in [0.29, 0.717) is 36.8 Å². The largest absolute Gasteiger partial charge is 0.490 e. The van der Waals surface area contributed by atoms with Crippen molar-refractivity contribution in [2.45, 2.75) is 20.0 Å². The van der Waals surface area contributed by atoms with Gasteiger partial charge in [0.25, 0.3) is 5.69 Å². The highest BCUT2D eigenvalue weighted by atomic mass is 79.9. The van der Waals surface area contributed by atoms with E-state index in [0.717, 1.165) is 21.2 Å². The van der Waals surface area contributed by atoms with E-state index < -0.39 is 4.92 Å². The molecule has 0 atom stereocenters. The lowest BCUT2D eigenvalue weighted by Gasteiger charge is -2.17. The Morgan fingerprint density at radius 3 is 2.44 bits per heavy atom. The lowest BCUT2D eigenvalue weighted by atomic mass is 10.1. The molecule has 0 N–H and O–H groups in total. The molecule has 3 aromatic rings. The fraction of sp³-hybridized carbons (Fsp3) is 0.160. The van der Waals surface area contributed by atoms with Crippen molar-refractivity contribution in [2.75, 3.05) is 6.61 Å². The Hall–Kier alpha value is -3.45. The minimum absolute atomic E-state index is 0.0307. The molecule has 0 aliphatic carbocycles. The van der Waals surface area contributed by atoms with Crippen LogP contribution >= 0.6 is 15.9 Å². The first-order chi connectivity index (χ1) is 15.5. The van der Waals surface area contributed by atoms with Gasteiger partial charge in [0.05, 0.1) is 17.2 Å². The number of hydrogen-bond donors (Lipinski definition) is 0. The molecule has 0 aliphatic heterocycles. The van der Waals surface area contributed by atoms with E-state index in [9.17, 15) is 10.1 Å². The lowest BCUT2D eigenvalue weighted by molar-refractivity contribution is -0.384. The third kappa shape index (κ3) is 6.28. The summed E-state index contributed by atoms with van der Waals surface area (Å²) in [5.41, 5.74) is 3.47. The summed E-state index contributed by atoms with van der Waals surface area (Å²) in [6.07, 6.45) is 4.12. The molecule has 0 unspecified atom stereocenters. The van der Waals surface area contributed by atoms with Crippen molar-refractivity contribution in [3.63, 3.8) is 0 Å². The Labute approximate surface area is 195 Å². The molecule has 0 spiro atoms. The second-order valence-corrected chi connectivity index (χ2v) is 7.80. The predicted octanol–water partition coefficient (Wildman–Crippen LogP) is 6.81. The van der Waals surface area contributed by atoms with Crippen molar-refractivity contribution in [1.29, 1.82) is 0 Å². The number of non-ortho nitro benzene ring substituents is 1. The van der Waals surface area contributed by atoms with Crippen molar-refractivity contribution in [2.24, 2.45) is 4.99 Å². The molecular weight excluding hydrogens is 472 g/mol. The number of rotatable bonds is 10. The van der Waals surface area contributed by atoms with E-state index in [1.165, 1.54) is 12.1 Å². The van der Waals surface area contributed by atoms with Gasteiger partial charge in [-0.15, -0.1) is 6.58 Å². The number of nitrogens with zero attached hydrogens (tertiary/aromatic N) is 2. The second-order valence-electron chi connectivity index (χ2n) is 6.88. The van der Waals surface area contributed by atoms with Gasteiger partial charge in [0.15, 0.2) is 11.5 Å². The molecule has 0 radical (unpaired) electrons. The standard InChI is InChI=1S/C25H23BrN2O4/c1-3-5-20-14-19(16-27-22-10-12-23(13-11-22)28(29)30)15-24(31-4-2)25(20)32-17-18-6-8-21(26)9-7-18/h3,6-16H,1,4-5,17H2,2H3. The SMILES string of the molecule is C=CCc1cc(C=Nc2ccc([N+](=O)[O-])cc2)cc(OCC)c1OCc1ccc(Br)cc1. The number of benzene rings is 3. The van der Waals surface area contributed by atoms with Crippen LogP contribution in [-0.4, -0.2) is 17.7 Å². The normalized spacial score (nSPS) is 10.8. The van der Waals surface area contributed by atoms with Gasteiger partial charge < -0.3 is 9.47 Å². The molecule has 0 aliphatic rings. The number of halogens is 1. The van der Waals surface area contributed by atoms with Crippen LogP contribution in [0.4, 0.5) is 11.4 Å². The molecule has 0 aromatic heterocycles. The number of aliphatic imine (C=N–C) groups is 1. The van der Waals surface area contributed by atoms with E-state index in [1.54, 1.807) is 18.3 Å². The first-order valence-corrected chi connectivity index (χ1v) is 10.9. The van der Waals surface area contributed by atoms with E-state index in [2.05, 4.69) is 27.5 Å². The van der Waals surface area contributed by atoms with Crippen LogP contribution in [0.15, 0.2) is 82.8 Å². The Kier molecular flexibility index (Phi) is 8.16. The first kappa shape index (κ1) is 23.2. The van der Waals surface area contributed by atoms with Gasteiger partial charge in [-0.3, -0.25) is 15.1 Å². The molecule has 0 bridgehead atoms. The fourth-order valence-corrected chi connectivity index (χ4v) is 3.30. The highest BCUT2D eigenvalue weighted by Crippen LogP contribution is 2.34. The molecule has 0 amide bonds. The maximum Gasteiger partial charge on any atom is 0.269 e. The number of ether oxygens (including phenoxy) is 2. The molecule has 0 heterocycles. The summed E-state index contributed by atoms with van der Waals surface area (Å²) in [4.78, 5) is 14.8. The Morgan fingerprint density at radius 2 is 1.81 bits per heavy atom.